The second-order valence-corrected chi connectivity index (χ2v) is 8.93. The van der Waals surface area contributed by atoms with Crippen molar-refractivity contribution in [3.63, 3.8) is 0 Å². The monoisotopic (exact) mass is 410 g/mol. The second-order valence-electron chi connectivity index (χ2n) is 8.93. The fraction of sp³-hybridized carbons (Fsp3) is 0.545. The van der Waals surface area contributed by atoms with Gasteiger partial charge in [-0.2, -0.15) is 0 Å². The molecule has 3 saturated heterocycles. The molecule has 2 unspecified atom stereocenters. The number of rotatable bonds is 5. The average Bonchev–Trinajstić information content (AvgIpc) is 3.18. The second kappa shape index (κ2) is 7.59. The highest BCUT2D eigenvalue weighted by molar-refractivity contribution is 6.23. The van der Waals surface area contributed by atoms with E-state index in [9.17, 15) is 19.2 Å². The maximum atomic E-state index is 12.9. The van der Waals surface area contributed by atoms with E-state index in [2.05, 4.69) is 16.0 Å². The highest BCUT2D eigenvalue weighted by atomic mass is 16.2. The minimum absolute atomic E-state index is 0.122. The van der Waals surface area contributed by atoms with Crippen molar-refractivity contribution in [2.24, 2.45) is 5.92 Å². The maximum Gasteiger partial charge on any atom is 0.262 e. The molecular weight excluding hydrogens is 384 g/mol. The Labute approximate surface area is 174 Å². The predicted octanol–water partition coefficient (Wildman–Crippen LogP) is 0.708. The van der Waals surface area contributed by atoms with Crippen LogP contribution in [-0.2, 0) is 16.1 Å². The number of piperidine rings is 2. The van der Waals surface area contributed by atoms with Crippen LogP contribution >= 0.6 is 0 Å². The lowest BCUT2D eigenvalue weighted by Gasteiger charge is -2.29. The molecule has 4 atom stereocenters. The van der Waals surface area contributed by atoms with E-state index in [0.717, 1.165) is 17.0 Å². The zero-order chi connectivity index (χ0) is 20.8. The van der Waals surface area contributed by atoms with Gasteiger partial charge in [0.1, 0.15) is 6.04 Å². The minimum atomic E-state index is -0.924. The quantitative estimate of drug-likeness (QED) is 0.617. The first-order valence-electron chi connectivity index (χ1n) is 10.8. The van der Waals surface area contributed by atoms with Gasteiger partial charge in [-0.05, 0) is 62.3 Å². The van der Waals surface area contributed by atoms with Gasteiger partial charge in [0.05, 0.1) is 11.1 Å². The van der Waals surface area contributed by atoms with Crippen LogP contribution in [0, 0.1) is 5.92 Å². The summed E-state index contributed by atoms with van der Waals surface area (Å²) in [5.74, 6) is -1.21. The van der Waals surface area contributed by atoms with Crippen LogP contribution in [0.1, 0.15) is 64.8 Å². The summed E-state index contributed by atoms with van der Waals surface area (Å²) in [6, 6.07) is 5.68. The summed E-state index contributed by atoms with van der Waals surface area (Å²) in [5.41, 5.74) is 1.60. The number of carbonyl (C=O) groups excluding carboxylic acids is 4. The number of carbonyl (C=O) groups is 4. The Morgan fingerprint density at radius 1 is 0.967 bits per heavy atom. The van der Waals surface area contributed by atoms with E-state index in [1.807, 2.05) is 6.07 Å². The molecule has 0 radical (unpaired) electrons. The van der Waals surface area contributed by atoms with E-state index in [0.29, 0.717) is 35.7 Å². The molecule has 0 aliphatic carbocycles. The maximum absolute atomic E-state index is 12.9. The molecule has 0 aromatic heterocycles. The van der Waals surface area contributed by atoms with E-state index < -0.39 is 23.8 Å². The van der Waals surface area contributed by atoms with Gasteiger partial charge in [-0.3, -0.25) is 29.4 Å². The number of hydrogen-bond acceptors (Lipinski definition) is 6. The molecule has 4 aliphatic heterocycles. The molecule has 1 aromatic rings. The molecule has 8 heteroatoms. The van der Waals surface area contributed by atoms with Gasteiger partial charge in [-0.25, -0.2) is 0 Å². The Balaban J connectivity index is 1.23. The third kappa shape index (κ3) is 3.44. The molecule has 0 saturated carbocycles. The van der Waals surface area contributed by atoms with Crippen LogP contribution in [0.3, 0.4) is 0 Å². The van der Waals surface area contributed by atoms with Gasteiger partial charge < -0.3 is 10.6 Å². The van der Waals surface area contributed by atoms with Crippen LogP contribution in [0.5, 0.6) is 0 Å². The lowest BCUT2D eigenvalue weighted by Crippen LogP contribution is -2.54. The number of hydrogen-bond donors (Lipinski definition) is 3. The molecular formula is C22H26N4O4. The van der Waals surface area contributed by atoms with Gasteiger partial charge in [0.2, 0.25) is 11.8 Å². The Hall–Kier alpha value is -2.58. The van der Waals surface area contributed by atoms with E-state index in [1.165, 1.54) is 25.7 Å². The van der Waals surface area contributed by atoms with Gasteiger partial charge in [-0.1, -0.05) is 6.07 Å². The van der Waals surface area contributed by atoms with Crippen molar-refractivity contribution < 1.29 is 19.2 Å². The molecule has 0 spiro atoms. The predicted molar refractivity (Wildman–Crippen MR) is 107 cm³/mol. The molecule has 4 aliphatic rings. The lowest BCUT2D eigenvalue weighted by molar-refractivity contribution is -0.136. The number of fused-ring (bicyclic) bond motifs is 3. The number of imide groups is 2. The number of nitrogens with one attached hydrogen (secondary N) is 3. The van der Waals surface area contributed by atoms with Crippen molar-refractivity contribution >= 4 is 23.6 Å². The molecule has 158 valence electrons. The SMILES string of the molecule is O=C1CCC(N2C(=O)c3ccc(CNCC4C[C@H]5CC[C@@H](C4)N5)cc3C2=O)C(=O)N1. The van der Waals surface area contributed by atoms with E-state index in [4.69, 9.17) is 0 Å². The summed E-state index contributed by atoms with van der Waals surface area (Å²) < 4.78 is 0. The van der Waals surface area contributed by atoms with Gasteiger partial charge in [0.15, 0.2) is 0 Å². The summed E-state index contributed by atoms with van der Waals surface area (Å²) >= 11 is 0. The average molecular weight is 410 g/mol. The van der Waals surface area contributed by atoms with Gasteiger partial charge >= 0.3 is 0 Å². The normalized spacial score (nSPS) is 30.6. The Bertz CT molecular complexity index is 918. The zero-order valence-corrected chi connectivity index (χ0v) is 16.8. The van der Waals surface area contributed by atoms with E-state index in [-0.39, 0.29) is 18.7 Å². The fourth-order valence-corrected chi connectivity index (χ4v) is 5.39. The van der Waals surface area contributed by atoms with Gasteiger partial charge in [-0.15, -0.1) is 0 Å². The number of nitrogens with zero attached hydrogens (tertiary/aromatic N) is 1. The molecule has 5 rings (SSSR count). The van der Waals surface area contributed by atoms with Crippen LogP contribution < -0.4 is 16.0 Å². The molecule has 30 heavy (non-hydrogen) atoms. The summed E-state index contributed by atoms with van der Waals surface area (Å²) in [6.45, 7) is 1.58. The van der Waals surface area contributed by atoms with Crippen molar-refractivity contribution in [3.05, 3.63) is 34.9 Å². The van der Waals surface area contributed by atoms with E-state index >= 15 is 0 Å². The van der Waals surface area contributed by atoms with Crippen molar-refractivity contribution in [2.75, 3.05) is 6.54 Å². The van der Waals surface area contributed by atoms with Crippen LogP contribution in [-0.4, -0.2) is 53.2 Å². The lowest BCUT2D eigenvalue weighted by atomic mass is 9.92. The molecule has 4 heterocycles. The Morgan fingerprint density at radius 2 is 1.70 bits per heavy atom. The van der Waals surface area contributed by atoms with Crippen molar-refractivity contribution in [1.82, 2.24) is 20.9 Å². The summed E-state index contributed by atoms with van der Waals surface area (Å²) in [6.07, 6.45) is 5.28. The smallest absolute Gasteiger partial charge is 0.262 e. The fourth-order valence-electron chi connectivity index (χ4n) is 5.39. The van der Waals surface area contributed by atoms with Crippen LogP contribution in [0.15, 0.2) is 18.2 Å². The first-order valence-corrected chi connectivity index (χ1v) is 10.8. The minimum Gasteiger partial charge on any atom is -0.312 e. The van der Waals surface area contributed by atoms with Crippen LogP contribution in [0.2, 0.25) is 0 Å². The molecule has 4 amide bonds. The molecule has 1 aromatic carbocycles. The highest BCUT2D eigenvalue weighted by Crippen LogP contribution is 2.31. The third-order valence-electron chi connectivity index (χ3n) is 6.84. The largest absolute Gasteiger partial charge is 0.312 e. The van der Waals surface area contributed by atoms with Crippen molar-refractivity contribution in [1.29, 1.82) is 0 Å². The first-order chi connectivity index (χ1) is 14.5. The third-order valence-corrected chi connectivity index (χ3v) is 6.84. The van der Waals surface area contributed by atoms with Crippen LogP contribution in [0.25, 0.3) is 0 Å². The van der Waals surface area contributed by atoms with Crippen molar-refractivity contribution in [3.8, 4) is 0 Å². The Kier molecular flexibility index (Phi) is 4.91. The molecule has 3 N–H and O–H groups in total. The summed E-state index contributed by atoms with van der Waals surface area (Å²) in [4.78, 5) is 50.2. The topological polar surface area (TPSA) is 108 Å². The highest BCUT2D eigenvalue weighted by Gasteiger charge is 2.44. The molecule has 2 bridgehead atoms. The van der Waals surface area contributed by atoms with Crippen molar-refractivity contribution in [2.45, 2.75) is 63.2 Å². The summed E-state index contributed by atoms with van der Waals surface area (Å²) in [5, 5.41) is 9.37. The molecule has 8 nitrogen and oxygen atoms in total. The first kappa shape index (κ1) is 19.4. The number of amides is 4. The van der Waals surface area contributed by atoms with E-state index in [1.54, 1.807) is 12.1 Å². The Morgan fingerprint density at radius 3 is 2.43 bits per heavy atom. The number of benzene rings is 1. The van der Waals surface area contributed by atoms with Gasteiger partial charge in [0.25, 0.3) is 11.8 Å². The standard InChI is InChI=1S/C22H26N4O4/c27-19-6-5-18(20(28)25-19)26-21(29)16-4-1-12(9-17(16)22(26)30)10-23-11-13-7-14-2-3-15(8-13)24-14/h1,4,9,13-15,18,23-24H,2-3,5-8,10-11H2,(H,25,27,28)/t13?,14-,15+,18?. The van der Waals surface area contributed by atoms with Gasteiger partial charge in [0, 0.05) is 25.0 Å². The van der Waals surface area contributed by atoms with Crippen LogP contribution in [0.4, 0.5) is 0 Å². The zero-order valence-electron chi connectivity index (χ0n) is 16.8. The summed E-state index contributed by atoms with van der Waals surface area (Å²) in [7, 11) is 0. The molecule has 3 fully saturated rings.